The van der Waals surface area contributed by atoms with Crippen LogP contribution in [0.1, 0.15) is 73.1 Å². The van der Waals surface area contributed by atoms with Crippen LogP contribution in [0.25, 0.3) is 0 Å². The summed E-state index contributed by atoms with van der Waals surface area (Å²) in [5.74, 6) is 6.19. The summed E-state index contributed by atoms with van der Waals surface area (Å²) in [6, 6.07) is 0. The van der Waals surface area contributed by atoms with E-state index in [1.165, 1.54) is 44.1 Å². The van der Waals surface area contributed by atoms with Crippen molar-refractivity contribution in [3.63, 3.8) is 0 Å². The largest absolute Gasteiger partial charge is 0.120 e. The number of allylic oxidation sites excluding steroid dienone is 6. The van der Waals surface area contributed by atoms with Gasteiger partial charge < -0.3 is 0 Å². The summed E-state index contributed by atoms with van der Waals surface area (Å²) in [7, 11) is 0. The minimum absolute atomic E-state index is 0.429. The quantitative estimate of drug-likeness (QED) is 0.381. The van der Waals surface area contributed by atoms with Crippen LogP contribution < -0.4 is 0 Å². The molecule has 0 nitrogen and oxygen atoms in total. The zero-order valence-corrected chi connectivity index (χ0v) is 16.4. The summed E-state index contributed by atoms with van der Waals surface area (Å²) in [6.07, 6.45) is 23.1. The van der Waals surface area contributed by atoms with Gasteiger partial charge in [0.15, 0.2) is 0 Å². The number of terminal acetylenes is 1. The molecule has 0 aromatic heterocycles. The third-order valence-electron chi connectivity index (χ3n) is 6.73. The molecule has 132 valence electrons. The molecule has 0 amide bonds. The van der Waals surface area contributed by atoms with E-state index in [9.17, 15) is 0 Å². The molecule has 0 aliphatic heterocycles. The highest BCUT2D eigenvalue weighted by Crippen LogP contribution is 2.60. The van der Waals surface area contributed by atoms with Gasteiger partial charge in [0.25, 0.3) is 0 Å². The summed E-state index contributed by atoms with van der Waals surface area (Å²) in [5.41, 5.74) is 3.37. The van der Waals surface area contributed by atoms with Crippen molar-refractivity contribution in [2.24, 2.45) is 29.1 Å². The van der Waals surface area contributed by atoms with E-state index in [2.05, 4.69) is 51.0 Å². The standard InChI is InChI=1S/C22H30.C2H6/c1-5-7-16(3)14-17-8-10-20-18(15-17)12-13-22(4)19(6-2)9-11-21(20)22;1-2/h2,5,7,14-15,18-21H,8-13H2,1,3-4H3;1-2H3/b7-5-,16-14-;. The van der Waals surface area contributed by atoms with Gasteiger partial charge in [-0.3, -0.25) is 0 Å². The van der Waals surface area contributed by atoms with E-state index in [-0.39, 0.29) is 0 Å². The number of hydrogen-bond acceptors (Lipinski definition) is 0. The molecular weight excluding hydrogens is 288 g/mol. The van der Waals surface area contributed by atoms with Crippen LogP contribution >= 0.6 is 0 Å². The van der Waals surface area contributed by atoms with Gasteiger partial charge >= 0.3 is 0 Å². The Morgan fingerprint density at radius 3 is 2.67 bits per heavy atom. The Hall–Kier alpha value is -1.22. The fraction of sp³-hybridized carbons (Fsp3) is 0.667. The summed E-state index contributed by atoms with van der Waals surface area (Å²) in [6.45, 7) is 10.8. The van der Waals surface area contributed by atoms with Gasteiger partial charge in [0.2, 0.25) is 0 Å². The molecule has 0 aromatic rings. The van der Waals surface area contributed by atoms with Gasteiger partial charge in [0.1, 0.15) is 0 Å². The van der Waals surface area contributed by atoms with Crippen LogP contribution in [-0.4, -0.2) is 0 Å². The van der Waals surface area contributed by atoms with Crippen molar-refractivity contribution in [3.8, 4) is 12.3 Å². The maximum atomic E-state index is 5.82. The maximum Gasteiger partial charge on any atom is 0.0256 e. The fourth-order valence-electron chi connectivity index (χ4n) is 5.63. The van der Waals surface area contributed by atoms with Gasteiger partial charge in [0.05, 0.1) is 0 Å². The van der Waals surface area contributed by atoms with E-state index in [0.29, 0.717) is 11.3 Å². The molecule has 0 aromatic carbocycles. The predicted octanol–water partition coefficient (Wildman–Crippen LogP) is 6.95. The van der Waals surface area contributed by atoms with Crippen molar-refractivity contribution in [3.05, 3.63) is 35.5 Å². The SMILES string of the molecule is C#CC1CCC2C3CCC(/C=C(C)\C=C/C)=CC3CCC12C.CC. The average Bonchev–Trinajstić information content (AvgIpc) is 2.93. The number of rotatable bonds is 2. The Morgan fingerprint density at radius 2 is 2.00 bits per heavy atom. The molecule has 24 heavy (non-hydrogen) atoms. The van der Waals surface area contributed by atoms with Crippen molar-refractivity contribution >= 4 is 0 Å². The summed E-state index contributed by atoms with van der Waals surface area (Å²) in [4.78, 5) is 0. The molecule has 3 rings (SSSR count). The van der Waals surface area contributed by atoms with E-state index in [1.807, 2.05) is 13.8 Å². The molecule has 3 aliphatic carbocycles. The highest BCUT2D eigenvalue weighted by atomic mass is 14.6. The molecule has 0 N–H and O–H groups in total. The normalized spacial score (nSPS) is 38.5. The molecule has 0 radical (unpaired) electrons. The molecule has 0 heteroatoms. The van der Waals surface area contributed by atoms with E-state index in [0.717, 1.165) is 17.8 Å². The average molecular weight is 325 g/mol. The van der Waals surface area contributed by atoms with E-state index in [4.69, 9.17) is 6.42 Å². The van der Waals surface area contributed by atoms with Crippen LogP contribution in [0.5, 0.6) is 0 Å². The topological polar surface area (TPSA) is 0 Å². The van der Waals surface area contributed by atoms with Gasteiger partial charge in [-0.05, 0) is 75.5 Å². The Balaban J connectivity index is 0.00000100. The lowest BCUT2D eigenvalue weighted by molar-refractivity contribution is 0.0338. The first kappa shape index (κ1) is 19.1. The van der Waals surface area contributed by atoms with Gasteiger partial charge in [0, 0.05) is 5.92 Å². The molecule has 0 bridgehead atoms. The molecule has 0 saturated heterocycles. The molecule has 2 saturated carbocycles. The molecule has 0 spiro atoms. The van der Waals surface area contributed by atoms with Gasteiger partial charge in [-0.25, -0.2) is 0 Å². The second-order valence-electron chi connectivity index (χ2n) is 7.94. The lowest BCUT2D eigenvalue weighted by Crippen LogP contribution is -2.41. The lowest BCUT2D eigenvalue weighted by atomic mass is 9.56. The second kappa shape index (κ2) is 8.24. The number of hydrogen-bond donors (Lipinski definition) is 0. The Labute approximate surface area is 150 Å². The van der Waals surface area contributed by atoms with Crippen LogP contribution in [0.2, 0.25) is 0 Å². The molecule has 2 fully saturated rings. The molecule has 5 unspecified atom stereocenters. The third kappa shape index (κ3) is 3.56. The molecule has 5 atom stereocenters. The summed E-state index contributed by atoms with van der Waals surface area (Å²) >= 11 is 0. The van der Waals surface area contributed by atoms with E-state index >= 15 is 0 Å². The summed E-state index contributed by atoms with van der Waals surface area (Å²) in [5, 5.41) is 0. The van der Waals surface area contributed by atoms with Crippen LogP contribution in [0.15, 0.2) is 35.5 Å². The first-order valence-electron chi connectivity index (χ1n) is 10.1. The van der Waals surface area contributed by atoms with Crippen LogP contribution in [0.4, 0.5) is 0 Å². The first-order chi connectivity index (χ1) is 11.6. The van der Waals surface area contributed by atoms with Crippen molar-refractivity contribution < 1.29 is 0 Å². The third-order valence-corrected chi connectivity index (χ3v) is 6.73. The van der Waals surface area contributed by atoms with Crippen LogP contribution in [0, 0.1) is 41.4 Å². The zero-order chi connectivity index (χ0) is 17.7. The number of fused-ring (bicyclic) bond motifs is 3. The molecule has 0 heterocycles. The highest BCUT2D eigenvalue weighted by molar-refractivity contribution is 5.31. The Morgan fingerprint density at radius 1 is 1.25 bits per heavy atom. The van der Waals surface area contributed by atoms with E-state index in [1.54, 1.807) is 5.57 Å². The lowest BCUT2D eigenvalue weighted by Gasteiger charge is -2.49. The van der Waals surface area contributed by atoms with Crippen molar-refractivity contribution in [2.45, 2.75) is 73.1 Å². The monoisotopic (exact) mass is 324 g/mol. The molecule has 3 aliphatic rings. The predicted molar refractivity (Wildman–Crippen MR) is 107 cm³/mol. The second-order valence-corrected chi connectivity index (χ2v) is 7.94. The van der Waals surface area contributed by atoms with Gasteiger partial charge in [-0.2, -0.15) is 0 Å². The van der Waals surface area contributed by atoms with Crippen molar-refractivity contribution in [1.82, 2.24) is 0 Å². The highest BCUT2D eigenvalue weighted by Gasteiger charge is 2.53. The van der Waals surface area contributed by atoms with Crippen LogP contribution in [-0.2, 0) is 0 Å². The van der Waals surface area contributed by atoms with Crippen molar-refractivity contribution in [1.29, 1.82) is 0 Å². The van der Waals surface area contributed by atoms with Gasteiger partial charge in [-0.15, -0.1) is 12.3 Å². The van der Waals surface area contributed by atoms with Gasteiger partial charge in [-0.1, -0.05) is 56.2 Å². The van der Waals surface area contributed by atoms with Crippen LogP contribution in [0.3, 0.4) is 0 Å². The first-order valence-corrected chi connectivity index (χ1v) is 10.1. The summed E-state index contributed by atoms with van der Waals surface area (Å²) < 4.78 is 0. The molecular formula is C24H36. The zero-order valence-electron chi connectivity index (χ0n) is 16.4. The Bertz CT molecular complexity index is 553. The minimum Gasteiger partial charge on any atom is -0.120 e. The van der Waals surface area contributed by atoms with Crippen molar-refractivity contribution in [2.75, 3.05) is 0 Å². The maximum absolute atomic E-state index is 5.82. The fourth-order valence-corrected chi connectivity index (χ4v) is 5.63. The smallest absolute Gasteiger partial charge is 0.0256 e. The van der Waals surface area contributed by atoms with E-state index < -0.39 is 0 Å². The minimum atomic E-state index is 0.429. The Kier molecular flexibility index (Phi) is 6.56.